The van der Waals surface area contributed by atoms with Crippen molar-refractivity contribution in [1.82, 2.24) is 19.1 Å². The SMILES string of the molecule is Cc1ccc(-c2ccnc(C#N)c2)cc1-c1ccc2c(n1)n(C)c(=O)n2CC1(C)CC1(F)F. The standard InChI is InChI=1S/C25H21F2N5O/c1-15-4-5-16(17-8-9-29-18(10-17)12-28)11-19(15)20-6-7-21-22(30-20)31(3)23(33)32(21)14-24(2)13-25(24,26)27/h4-11H,13-14H2,1-3H3. The average Bonchev–Trinajstić information content (AvgIpc) is 3.23. The van der Waals surface area contributed by atoms with Gasteiger partial charge >= 0.3 is 5.69 Å². The van der Waals surface area contributed by atoms with Gasteiger partial charge in [0.2, 0.25) is 0 Å². The normalized spacial score (nSPS) is 18.9. The lowest BCUT2D eigenvalue weighted by molar-refractivity contribution is 0.0637. The third-order valence-electron chi connectivity index (χ3n) is 6.58. The number of pyridine rings is 2. The Morgan fingerprint density at radius 1 is 1.15 bits per heavy atom. The van der Waals surface area contributed by atoms with Crippen LogP contribution in [0.2, 0.25) is 0 Å². The number of imidazole rings is 1. The number of nitriles is 1. The van der Waals surface area contributed by atoms with E-state index >= 15 is 0 Å². The Balaban J connectivity index is 1.59. The van der Waals surface area contributed by atoms with Crippen LogP contribution in [-0.2, 0) is 13.6 Å². The third-order valence-corrected chi connectivity index (χ3v) is 6.58. The molecule has 0 N–H and O–H groups in total. The summed E-state index contributed by atoms with van der Waals surface area (Å²) in [6.45, 7) is 3.43. The Kier molecular flexibility index (Phi) is 4.50. The van der Waals surface area contributed by atoms with E-state index in [2.05, 4.69) is 4.98 Å². The van der Waals surface area contributed by atoms with Crippen molar-refractivity contribution < 1.29 is 8.78 Å². The molecule has 1 fully saturated rings. The zero-order valence-electron chi connectivity index (χ0n) is 18.4. The quantitative estimate of drug-likeness (QED) is 0.457. The minimum Gasteiger partial charge on any atom is -0.290 e. The molecule has 3 aromatic heterocycles. The van der Waals surface area contributed by atoms with Gasteiger partial charge in [0.25, 0.3) is 5.92 Å². The fraction of sp³-hybridized carbons (Fsp3) is 0.280. The number of benzene rings is 1. The number of rotatable bonds is 4. The zero-order chi connectivity index (χ0) is 23.5. The van der Waals surface area contributed by atoms with E-state index in [0.717, 1.165) is 22.3 Å². The molecule has 0 radical (unpaired) electrons. The van der Waals surface area contributed by atoms with E-state index in [1.165, 1.54) is 16.1 Å². The molecule has 1 aliphatic rings. The van der Waals surface area contributed by atoms with Gasteiger partial charge in [-0.3, -0.25) is 9.13 Å². The first kappa shape index (κ1) is 21.0. The van der Waals surface area contributed by atoms with Crippen molar-refractivity contribution in [2.45, 2.75) is 32.7 Å². The fourth-order valence-electron chi connectivity index (χ4n) is 4.29. The molecule has 4 aromatic rings. The molecule has 1 aliphatic carbocycles. The van der Waals surface area contributed by atoms with Crippen molar-refractivity contribution in [1.29, 1.82) is 5.26 Å². The summed E-state index contributed by atoms with van der Waals surface area (Å²) < 4.78 is 30.4. The van der Waals surface area contributed by atoms with Gasteiger partial charge in [0, 0.05) is 31.8 Å². The van der Waals surface area contributed by atoms with Crippen LogP contribution >= 0.6 is 0 Å². The van der Waals surface area contributed by atoms with E-state index < -0.39 is 11.3 Å². The number of hydrogen-bond acceptors (Lipinski definition) is 4. The highest BCUT2D eigenvalue weighted by Gasteiger charge is 2.68. The molecule has 1 atom stereocenters. The maximum absolute atomic E-state index is 13.8. The Bertz CT molecular complexity index is 1530. The molecule has 1 aromatic carbocycles. The van der Waals surface area contributed by atoms with E-state index in [0.29, 0.717) is 22.6 Å². The van der Waals surface area contributed by atoms with Gasteiger partial charge in [-0.1, -0.05) is 19.1 Å². The molecular formula is C25H21F2N5O. The molecule has 0 aliphatic heterocycles. The molecule has 1 saturated carbocycles. The predicted molar refractivity (Wildman–Crippen MR) is 121 cm³/mol. The summed E-state index contributed by atoms with van der Waals surface area (Å²) in [7, 11) is 1.61. The molecule has 0 amide bonds. The van der Waals surface area contributed by atoms with Crippen LogP contribution in [0.3, 0.4) is 0 Å². The van der Waals surface area contributed by atoms with Crippen molar-refractivity contribution in [2.24, 2.45) is 12.5 Å². The summed E-state index contributed by atoms with van der Waals surface area (Å²) in [6.07, 6.45) is 1.38. The van der Waals surface area contributed by atoms with Gasteiger partial charge < -0.3 is 0 Å². The van der Waals surface area contributed by atoms with E-state index in [4.69, 9.17) is 10.2 Å². The van der Waals surface area contributed by atoms with Gasteiger partial charge in [0.1, 0.15) is 11.8 Å². The van der Waals surface area contributed by atoms with Crippen LogP contribution in [0.15, 0.2) is 53.5 Å². The molecule has 3 heterocycles. The van der Waals surface area contributed by atoms with Gasteiger partial charge in [0.15, 0.2) is 5.65 Å². The summed E-state index contributed by atoms with van der Waals surface area (Å²) >= 11 is 0. The lowest BCUT2D eigenvalue weighted by Gasteiger charge is -2.12. The van der Waals surface area contributed by atoms with Crippen molar-refractivity contribution in [3.8, 4) is 28.5 Å². The predicted octanol–water partition coefficient (Wildman–Crippen LogP) is 4.69. The van der Waals surface area contributed by atoms with Crippen LogP contribution in [0.25, 0.3) is 33.5 Å². The highest BCUT2D eigenvalue weighted by molar-refractivity contribution is 5.79. The van der Waals surface area contributed by atoms with Gasteiger partial charge in [-0.25, -0.2) is 23.5 Å². The Morgan fingerprint density at radius 2 is 1.88 bits per heavy atom. The Labute approximate surface area is 188 Å². The van der Waals surface area contributed by atoms with E-state index in [9.17, 15) is 13.6 Å². The summed E-state index contributed by atoms with van der Waals surface area (Å²) in [5.74, 6) is -2.75. The van der Waals surface area contributed by atoms with Gasteiger partial charge in [-0.05, 0) is 53.9 Å². The molecule has 0 bridgehead atoms. The largest absolute Gasteiger partial charge is 0.330 e. The van der Waals surface area contributed by atoms with Crippen molar-refractivity contribution in [3.63, 3.8) is 0 Å². The lowest BCUT2D eigenvalue weighted by atomic mass is 9.98. The van der Waals surface area contributed by atoms with Crippen LogP contribution < -0.4 is 5.69 Å². The maximum Gasteiger partial charge on any atom is 0.330 e. The lowest BCUT2D eigenvalue weighted by Crippen LogP contribution is -2.27. The highest BCUT2D eigenvalue weighted by Crippen LogP contribution is 2.61. The highest BCUT2D eigenvalue weighted by atomic mass is 19.3. The molecule has 166 valence electrons. The Morgan fingerprint density at radius 3 is 2.58 bits per heavy atom. The van der Waals surface area contributed by atoms with E-state index in [1.54, 1.807) is 25.4 Å². The molecule has 6 nitrogen and oxygen atoms in total. The van der Waals surface area contributed by atoms with Crippen LogP contribution in [0.5, 0.6) is 0 Å². The van der Waals surface area contributed by atoms with Crippen molar-refractivity contribution >= 4 is 11.2 Å². The number of hydrogen-bond donors (Lipinski definition) is 0. The summed E-state index contributed by atoms with van der Waals surface area (Å²) in [5, 5.41) is 9.15. The van der Waals surface area contributed by atoms with Gasteiger partial charge in [-0.15, -0.1) is 0 Å². The summed E-state index contributed by atoms with van der Waals surface area (Å²) in [6, 6.07) is 15.1. The number of aryl methyl sites for hydroxylation is 2. The van der Waals surface area contributed by atoms with Crippen LogP contribution in [0, 0.1) is 23.7 Å². The number of alkyl halides is 2. The van der Waals surface area contributed by atoms with Crippen LogP contribution in [0.4, 0.5) is 8.78 Å². The number of fused-ring (bicyclic) bond motifs is 1. The van der Waals surface area contributed by atoms with Gasteiger partial charge in [-0.2, -0.15) is 5.26 Å². The molecule has 1 unspecified atom stereocenters. The van der Waals surface area contributed by atoms with E-state index in [1.807, 2.05) is 43.3 Å². The number of aromatic nitrogens is 4. The average molecular weight is 445 g/mol. The second-order valence-electron chi connectivity index (χ2n) is 8.98. The molecule has 0 saturated heterocycles. The zero-order valence-corrected chi connectivity index (χ0v) is 18.4. The summed E-state index contributed by atoms with van der Waals surface area (Å²) in [4.78, 5) is 21.6. The van der Waals surface area contributed by atoms with Gasteiger partial charge in [0.05, 0.1) is 16.6 Å². The van der Waals surface area contributed by atoms with Crippen LogP contribution in [0.1, 0.15) is 24.6 Å². The van der Waals surface area contributed by atoms with Crippen LogP contribution in [-0.4, -0.2) is 25.0 Å². The second kappa shape index (κ2) is 7.07. The van der Waals surface area contributed by atoms with Crippen molar-refractivity contribution in [2.75, 3.05) is 0 Å². The smallest absolute Gasteiger partial charge is 0.290 e. The molecule has 33 heavy (non-hydrogen) atoms. The molecule has 5 rings (SSSR count). The first-order valence-electron chi connectivity index (χ1n) is 10.6. The van der Waals surface area contributed by atoms with Crippen molar-refractivity contribution in [3.05, 3.63) is 70.4 Å². The monoisotopic (exact) mass is 445 g/mol. The molecule has 8 heteroatoms. The topological polar surface area (TPSA) is 76.5 Å². The van der Waals surface area contributed by atoms with E-state index in [-0.39, 0.29) is 18.7 Å². The first-order valence-corrected chi connectivity index (χ1v) is 10.6. The first-order chi connectivity index (χ1) is 15.6. The maximum atomic E-state index is 13.8. The number of nitrogens with zero attached hydrogens (tertiary/aromatic N) is 5. The second-order valence-corrected chi connectivity index (χ2v) is 8.98. The molecular weight excluding hydrogens is 424 g/mol. The number of halogens is 2. The minimum atomic E-state index is -2.75. The molecule has 0 spiro atoms. The summed E-state index contributed by atoms with van der Waals surface area (Å²) in [5.41, 5.74) is 4.08. The third kappa shape index (κ3) is 3.32. The minimum absolute atomic E-state index is 0.0466. The fourth-order valence-corrected chi connectivity index (χ4v) is 4.29. The Hall–Kier alpha value is -3.86.